The molecule has 4 aromatic carbocycles. The van der Waals surface area contributed by atoms with Crippen molar-refractivity contribution < 1.29 is 18.0 Å². The van der Waals surface area contributed by atoms with Gasteiger partial charge < -0.3 is 10.2 Å². The highest BCUT2D eigenvalue weighted by molar-refractivity contribution is 9.10. The van der Waals surface area contributed by atoms with Gasteiger partial charge in [0.2, 0.25) is 11.8 Å². The molecule has 218 valence electrons. The zero-order valence-corrected chi connectivity index (χ0v) is 26.4. The molecule has 0 saturated carbocycles. The maximum absolute atomic E-state index is 14.3. The third-order valence-corrected chi connectivity index (χ3v) is 9.40. The Kier molecular flexibility index (Phi) is 10.4. The van der Waals surface area contributed by atoms with Gasteiger partial charge in [0.15, 0.2) is 0 Å². The number of para-hydroxylation sites is 1. The fraction of sp³-hybridized carbons (Fsp3) is 0.188. The number of sulfonamides is 1. The summed E-state index contributed by atoms with van der Waals surface area (Å²) in [5.41, 5.74) is 2.69. The van der Waals surface area contributed by atoms with Crippen LogP contribution in [0.1, 0.15) is 16.7 Å². The van der Waals surface area contributed by atoms with Crippen LogP contribution in [-0.4, -0.2) is 44.8 Å². The van der Waals surface area contributed by atoms with E-state index in [1.807, 2.05) is 54.6 Å². The summed E-state index contributed by atoms with van der Waals surface area (Å²) in [6.07, 6.45) is 0.247. The Morgan fingerprint density at radius 3 is 2.10 bits per heavy atom. The lowest BCUT2D eigenvalue weighted by molar-refractivity contribution is -0.139. The number of carbonyl (C=O) groups is 2. The number of hydrogen-bond acceptors (Lipinski definition) is 4. The normalized spacial score (nSPS) is 11.9. The lowest BCUT2D eigenvalue weighted by atomic mass is 10.0. The number of aryl methyl sites for hydroxylation is 1. The molecule has 0 unspecified atom stereocenters. The number of nitrogens with zero attached hydrogens (tertiary/aromatic N) is 2. The molecule has 0 aliphatic rings. The van der Waals surface area contributed by atoms with Gasteiger partial charge >= 0.3 is 0 Å². The van der Waals surface area contributed by atoms with Crippen molar-refractivity contribution in [1.82, 2.24) is 10.2 Å². The van der Waals surface area contributed by atoms with Crippen LogP contribution in [-0.2, 0) is 32.6 Å². The molecule has 4 aromatic rings. The second-order valence-electron chi connectivity index (χ2n) is 9.72. The average molecular weight is 669 g/mol. The Morgan fingerprint density at radius 2 is 1.48 bits per heavy atom. The number of amides is 2. The first-order valence-electron chi connectivity index (χ1n) is 13.2. The Labute approximate surface area is 260 Å². The smallest absolute Gasteiger partial charge is 0.264 e. The van der Waals surface area contributed by atoms with E-state index in [0.29, 0.717) is 16.3 Å². The van der Waals surface area contributed by atoms with E-state index in [1.165, 1.54) is 36.2 Å². The van der Waals surface area contributed by atoms with Crippen molar-refractivity contribution in [2.75, 3.05) is 17.9 Å². The third-order valence-electron chi connectivity index (χ3n) is 6.85. The fourth-order valence-electron chi connectivity index (χ4n) is 4.60. The molecule has 7 nitrogen and oxygen atoms in total. The first kappa shape index (κ1) is 31.3. The van der Waals surface area contributed by atoms with Gasteiger partial charge in [-0.3, -0.25) is 13.9 Å². The van der Waals surface area contributed by atoms with Crippen LogP contribution in [0.15, 0.2) is 112 Å². The highest BCUT2D eigenvalue weighted by atomic mass is 79.9. The number of halogens is 2. The van der Waals surface area contributed by atoms with Gasteiger partial charge in [0.1, 0.15) is 12.6 Å². The van der Waals surface area contributed by atoms with E-state index in [0.717, 1.165) is 19.9 Å². The van der Waals surface area contributed by atoms with Crippen molar-refractivity contribution >= 4 is 55.1 Å². The molecular weight excluding hydrogens is 638 g/mol. The SMILES string of the molecule is CNC(=O)[C@@H](Cc1ccccc1)N(Cc1ccc(Br)cc1)C(=O)CN(c1ccccc1C)S(=O)(=O)c1ccc(Cl)cc1. The van der Waals surface area contributed by atoms with E-state index in [2.05, 4.69) is 21.2 Å². The minimum Gasteiger partial charge on any atom is -0.357 e. The minimum atomic E-state index is -4.19. The molecular formula is C32H31BrClN3O4S. The molecule has 0 aliphatic heterocycles. The zero-order valence-electron chi connectivity index (χ0n) is 23.2. The highest BCUT2D eigenvalue weighted by Crippen LogP contribution is 2.28. The molecule has 0 aliphatic carbocycles. The second-order valence-corrected chi connectivity index (χ2v) is 12.9. The van der Waals surface area contributed by atoms with Gasteiger partial charge in [-0.2, -0.15) is 0 Å². The summed E-state index contributed by atoms with van der Waals surface area (Å²) in [7, 11) is -2.67. The van der Waals surface area contributed by atoms with Gasteiger partial charge in [0.05, 0.1) is 10.6 Å². The molecule has 0 aromatic heterocycles. The van der Waals surface area contributed by atoms with E-state index in [1.54, 1.807) is 31.2 Å². The molecule has 0 spiro atoms. The van der Waals surface area contributed by atoms with Gasteiger partial charge in [-0.05, 0) is 66.1 Å². The van der Waals surface area contributed by atoms with E-state index in [9.17, 15) is 18.0 Å². The summed E-state index contributed by atoms with van der Waals surface area (Å²) < 4.78 is 30.0. The van der Waals surface area contributed by atoms with Crippen LogP contribution < -0.4 is 9.62 Å². The monoisotopic (exact) mass is 667 g/mol. The van der Waals surface area contributed by atoms with Crippen LogP contribution in [0.2, 0.25) is 5.02 Å². The van der Waals surface area contributed by atoms with E-state index in [4.69, 9.17) is 11.6 Å². The van der Waals surface area contributed by atoms with Crippen LogP contribution in [0.4, 0.5) is 5.69 Å². The molecule has 0 fully saturated rings. The first-order chi connectivity index (χ1) is 20.1. The predicted octanol–water partition coefficient (Wildman–Crippen LogP) is 5.99. The number of hydrogen-bond donors (Lipinski definition) is 1. The number of carbonyl (C=O) groups excluding carboxylic acids is 2. The number of rotatable bonds is 11. The van der Waals surface area contributed by atoms with Gasteiger partial charge in [-0.15, -0.1) is 0 Å². The summed E-state index contributed by atoms with van der Waals surface area (Å²) in [5.74, 6) is -0.879. The number of nitrogens with one attached hydrogen (secondary N) is 1. The van der Waals surface area contributed by atoms with Crippen molar-refractivity contribution in [2.24, 2.45) is 0 Å². The maximum Gasteiger partial charge on any atom is 0.264 e. The average Bonchev–Trinajstić information content (AvgIpc) is 2.99. The molecule has 0 bridgehead atoms. The van der Waals surface area contributed by atoms with Crippen molar-refractivity contribution in [3.8, 4) is 0 Å². The number of anilines is 1. The van der Waals surface area contributed by atoms with E-state index < -0.39 is 28.5 Å². The molecule has 10 heteroatoms. The van der Waals surface area contributed by atoms with Crippen LogP contribution >= 0.6 is 27.5 Å². The molecule has 4 rings (SSSR count). The van der Waals surface area contributed by atoms with Crippen molar-refractivity contribution in [2.45, 2.75) is 30.8 Å². The molecule has 1 atom stereocenters. The van der Waals surface area contributed by atoms with Crippen LogP contribution in [0.3, 0.4) is 0 Å². The summed E-state index contributed by atoms with van der Waals surface area (Å²) in [4.78, 5) is 29.1. The summed E-state index contributed by atoms with van der Waals surface area (Å²) in [5, 5.41) is 3.08. The van der Waals surface area contributed by atoms with Crippen LogP contribution in [0.5, 0.6) is 0 Å². The second kappa shape index (κ2) is 14.0. The number of likely N-dealkylation sites (N-methyl/N-ethyl adjacent to an activating group) is 1. The molecule has 1 N–H and O–H groups in total. The highest BCUT2D eigenvalue weighted by Gasteiger charge is 2.34. The summed E-state index contributed by atoms with van der Waals surface area (Å²) in [6, 6.07) is 28.7. The summed E-state index contributed by atoms with van der Waals surface area (Å²) >= 11 is 9.47. The minimum absolute atomic E-state index is 0.00505. The van der Waals surface area contributed by atoms with E-state index in [-0.39, 0.29) is 23.8 Å². The maximum atomic E-state index is 14.3. The Balaban J connectivity index is 1.79. The first-order valence-corrected chi connectivity index (χ1v) is 15.8. The van der Waals surface area contributed by atoms with Gasteiger partial charge in [-0.25, -0.2) is 8.42 Å². The topological polar surface area (TPSA) is 86.8 Å². The molecule has 0 radical (unpaired) electrons. The van der Waals surface area contributed by atoms with E-state index >= 15 is 0 Å². The standard InChI is InChI=1S/C32H31BrClN3O4S/c1-23-8-6-7-11-29(23)37(42(40,41)28-18-16-27(34)17-19-28)22-31(38)36(21-25-12-14-26(33)15-13-25)30(32(39)35-2)20-24-9-4-3-5-10-24/h3-19,30H,20-22H2,1-2H3,(H,35,39)/t30-/m1/s1. The van der Waals surface area contributed by atoms with Crippen LogP contribution in [0, 0.1) is 6.92 Å². The third kappa shape index (κ3) is 7.59. The Morgan fingerprint density at radius 1 is 0.857 bits per heavy atom. The fourth-order valence-corrected chi connectivity index (χ4v) is 6.47. The molecule has 42 heavy (non-hydrogen) atoms. The zero-order chi connectivity index (χ0) is 30.3. The quantitative estimate of drug-likeness (QED) is 0.213. The lowest BCUT2D eigenvalue weighted by Crippen LogP contribution is -2.53. The van der Waals surface area contributed by atoms with Gasteiger partial charge in [0, 0.05) is 29.5 Å². The molecule has 0 saturated heterocycles. The Hall–Kier alpha value is -3.66. The predicted molar refractivity (Wildman–Crippen MR) is 170 cm³/mol. The Bertz CT molecular complexity index is 1630. The lowest BCUT2D eigenvalue weighted by Gasteiger charge is -2.34. The molecule has 0 heterocycles. The van der Waals surface area contributed by atoms with Gasteiger partial charge in [-0.1, -0.05) is 88.2 Å². The van der Waals surface area contributed by atoms with Crippen molar-refractivity contribution in [3.05, 3.63) is 129 Å². The largest absolute Gasteiger partial charge is 0.357 e. The van der Waals surface area contributed by atoms with Crippen molar-refractivity contribution in [3.63, 3.8) is 0 Å². The molecule has 2 amide bonds. The van der Waals surface area contributed by atoms with Crippen molar-refractivity contribution in [1.29, 1.82) is 0 Å². The van der Waals surface area contributed by atoms with Gasteiger partial charge in [0.25, 0.3) is 10.0 Å². The summed E-state index contributed by atoms with van der Waals surface area (Å²) in [6.45, 7) is 1.36. The van der Waals surface area contributed by atoms with Crippen LogP contribution in [0.25, 0.3) is 0 Å². The number of benzene rings is 4.